The quantitative estimate of drug-likeness (QED) is 0.267. The summed E-state index contributed by atoms with van der Waals surface area (Å²) in [5.41, 5.74) is 2.68. The van der Waals surface area contributed by atoms with Gasteiger partial charge in [0.05, 0.1) is 0 Å². The lowest BCUT2D eigenvalue weighted by atomic mass is 9.93. The summed E-state index contributed by atoms with van der Waals surface area (Å²) in [6.45, 7) is 2.39. The van der Waals surface area contributed by atoms with Gasteiger partial charge in [0, 0.05) is 25.6 Å². The maximum absolute atomic E-state index is 13.2. The topological polar surface area (TPSA) is 90.9 Å². The van der Waals surface area contributed by atoms with Crippen LogP contribution in [0, 0.1) is 0 Å². The van der Waals surface area contributed by atoms with E-state index in [2.05, 4.69) is 39.8 Å². The molecule has 0 spiro atoms. The third-order valence-electron chi connectivity index (χ3n) is 7.46. The van der Waals surface area contributed by atoms with Gasteiger partial charge in [-0.3, -0.25) is 9.59 Å². The summed E-state index contributed by atoms with van der Waals surface area (Å²) in [7, 11) is 0. The van der Waals surface area contributed by atoms with Crippen molar-refractivity contribution in [3.8, 4) is 11.5 Å². The van der Waals surface area contributed by atoms with Gasteiger partial charge in [0.2, 0.25) is 5.91 Å². The molecule has 1 fully saturated rings. The Morgan fingerprint density at radius 1 is 1.00 bits per heavy atom. The lowest BCUT2D eigenvalue weighted by molar-refractivity contribution is -0.134. The van der Waals surface area contributed by atoms with Gasteiger partial charge in [0.15, 0.2) is 12.4 Å². The van der Waals surface area contributed by atoms with Gasteiger partial charge >= 0.3 is 0 Å². The van der Waals surface area contributed by atoms with Crippen molar-refractivity contribution in [1.29, 1.82) is 0 Å². The summed E-state index contributed by atoms with van der Waals surface area (Å²) < 4.78 is 5.60. The molecular weight excluding hydrogens is 466 g/mol. The Morgan fingerprint density at radius 3 is 2.62 bits per heavy atom. The second-order valence-corrected chi connectivity index (χ2v) is 10.2. The van der Waals surface area contributed by atoms with Crippen molar-refractivity contribution in [2.45, 2.75) is 76.7 Å². The maximum Gasteiger partial charge on any atom is 0.262 e. The van der Waals surface area contributed by atoms with Gasteiger partial charge in [0.25, 0.3) is 5.91 Å². The molecule has 1 aliphatic heterocycles. The first-order valence-corrected chi connectivity index (χ1v) is 13.9. The lowest BCUT2D eigenvalue weighted by Gasteiger charge is -2.34. The van der Waals surface area contributed by atoms with Crippen LogP contribution in [0.5, 0.6) is 11.5 Å². The number of hydrogen-bond donors (Lipinski definition) is 3. The summed E-state index contributed by atoms with van der Waals surface area (Å²) in [5, 5.41) is 16.2. The van der Waals surface area contributed by atoms with Crippen LogP contribution < -0.4 is 15.4 Å². The Bertz CT molecular complexity index is 1020. The highest BCUT2D eigenvalue weighted by Gasteiger charge is 2.25. The number of nitrogens with zero attached hydrogens (tertiary/aromatic N) is 1. The smallest absolute Gasteiger partial charge is 0.262 e. The fourth-order valence-electron chi connectivity index (χ4n) is 5.43. The zero-order chi connectivity index (χ0) is 25.9. The molecule has 0 bridgehead atoms. The molecule has 0 radical (unpaired) electrons. The third-order valence-corrected chi connectivity index (χ3v) is 7.46. The normalized spacial score (nSPS) is 15.5. The van der Waals surface area contributed by atoms with Gasteiger partial charge < -0.3 is 25.4 Å². The minimum absolute atomic E-state index is 0.0248. The molecule has 3 N–H and O–H groups in total. The van der Waals surface area contributed by atoms with E-state index in [9.17, 15) is 14.7 Å². The highest BCUT2D eigenvalue weighted by atomic mass is 16.5. The Balaban J connectivity index is 1.21. The predicted molar refractivity (Wildman–Crippen MR) is 146 cm³/mol. The maximum atomic E-state index is 13.2. The number of hydrogen-bond acceptors (Lipinski definition) is 5. The molecule has 2 amide bonds. The summed E-state index contributed by atoms with van der Waals surface area (Å²) in [6.07, 6.45) is 11.2. The summed E-state index contributed by atoms with van der Waals surface area (Å²) in [4.78, 5) is 27.0. The van der Waals surface area contributed by atoms with Gasteiger partial charge in [-0.05, 0) is 62.3 Å². The van der Waals surface area contributed by atoms with Crippen LogP contribution in [0.15, 0.2) is 42.5 Å². The number of benzene rings is 2. The third kappa shape index (κ3) is 7.96. The highest BCUT2D eigenvalue weighted by Crippen LogP contribution is 2.39. The number of nitrogens with one attached hydrogen (secondary N) is 2. The number of aryl methyl sites for hydroxylation is 1. The Hall–Kier alpha value is -3.06. The van der Waals surface area contributed by atoms with Gasteiger partial charge in [0.1, 0.15) is 11.4 Å². The van der Waals surface area contributed by atoms with E-state index in [1.165, 1.54) is 24.8 Å². The Labute approximate surface area is 220 Å². The molecule has 1 heterocycles. The molecule has 4 rings (SSSR count). The summed E-state index contributed by atoms with van der Waals surface area (Å²) in [5.74, 6) is 0.635. The van der Waals surface area contributed by atoms with E-state index in [1.54, 1.807) is 6.07 Å². The van der Waals surface area contributed by atoms with Crippen molar-refractivity contribution in [1.82, 2.24) is 10.2 Å². The standard InChI is InChI=1S/C30H41N3O4/c34-26-16-15-24(30-29(26)32-27(35)22-37-30)12-6-3-9-21-33(25-13-7-2-8-14-25)28(36)18-20-31-19-17-23-10-4-1-5-11-23/h1,4-5,10-11,15-16,25,31,34H,2-3,6-9,12-14,17-22H2,(H,32,35). The molecule has 37 heavy (non-hydrogen) atoms. The van der Waals surface area contributed by atoms with Crippen LogP contribution in [0.4, 0.5) is 5.69 Å². The van der Waals surface area contributed by atoms with Crippen molar-refractivity contribution in [3.05, 3.63) is 53.6 Å². The van der Waals surface area contributed by atoms with E-state index < -0.39 is 0 Å². The number of amides is 2. The van der Waals surface area contributed by atoms with Crippen LogP contribution in [-0.4, -0.2) is 54.1 Å². The molecule has 0 saturated heterocycles. The number of fused-ring (bicyclic) bond motifs is 1. The van der Waals surface area contributed by atoms with E-state index in [0.29, 0.717) is 23.9 Å². The summed E-state index contributed by atoms with van der Waals surface area (Å²) in [6, 6.07) is 14.3. The number of aromatic hydroxyl groups is 1. The Morgan fingerprint density at radius 2 is 1.81 bits per heavy atom. The number of carbonyl (C=O) groups excluding carboxylic acids is 2. The fourth-order valence-corrected chi connectivity index (χ4v) is 5.43. The van der Waals surface area contributed by atoms with Crippen molar-refractivity contribution in [2.24, 2.45) is 0 Å². The van der Waals surface area contributed by atoms with Gasteiger partial charge in [-0.2, -0.15) is 0 Å². The second kappa shape index (κ2) is 14.0. The van der Waals surface area contributed by atoms with E-state index in [0.717, 1.165) is 70.1 Å². The number of phenols is 1. The van der Waals surface area contributed by atoms with E-state index in [1.807, 2.05) is 12.1 Å². The average molecular weight is 508 g/mol. The molecule has 7 heteroatoms. The van der Waals surface area contributed by atoms with Crippen LogP contribution in [-0.2, 0) is 22.4 Å². The molecule has 1 aliphatic carbocycles. The monoisotopic (exact) mass is 507 g/mol. The highest BCUT2D eigenvalue weighted by molar-refractivity contribution is 5.97. The first-order chi connectivity index (χ1) is 18.1. The first-order valence-electron chi connectivity index (χ1n) is 13.9. The molecule has 1 saturated carbocycles. The van der Waals surface area contributed by atoms with Crippen molar-refractivity contribution in [2.75, 3.05) is 31.6 Å². The van der Waals surface area contributed by atoms with Crippen LogP contribution >= 0.6 is 0 Å². The number of rotatable bonds is 13. The molecule has 7 nitrogen and oxygen atoms in total. The SMILES string of the molecule is O=C1COc2c(CCCCCN(C(=O)CCNCCc3ccccc3)C3CCCCC3)ccc(O)c2N1. The lowest BCUT2D eigenvalue weighted by Crippen LogP contribution is -2.43. The van der Waals surface area contributed by atoms with Gasteiger partial charge in [-0.25, -0.2) is 0 Å². The largest absolute Gasteiger partial charge is 0.506 e. The number of phenolic OH excluding ortho intramolecular Hbond substituents is 1. The van der Waals surface area contributed by atoms with Crippen LogP contribution in [0.2, 0.25) is 0 Å². The van der Waals surface area contributed by atoms with E-state index >= 15 is 0 Å². The molecule has 0 aromatic heterocycles. The molecule has 200 valence electrons. The average Bonchev–Trinajstić information content (AvgIpc) is 2.92. The van der Waals surface area contributed by atoms with Gasteiger partial charge in [-0.15, -0.1) is 0 Å². The number of anilines is 1. The molecular formula is C30H41N3O4. The number of unbranched alkanes of at least 4 members (excludes halogenated alkanes) is 2. The van der Waals surface area contributed by atoms with Crippen LogP contribution in [0.25, 0.3) is 0 Å². The second-order valence-electron chi connectivity index (χ2n) is 10.2. The van der Waals surface area contributed by atoms with Gasteiger partial charge in [-0.1, -0.05) is 62.1 Å². The molecule has 2 aromatic rings. The predicted octanol–water partition coefficient (Wildman–Crippen LogP) is 4.82. The minimum Gasteiger partial charge on any atom is -0.506 e. The summed E-state index contributed by atoms with van der Waals surface area (Å²) >= 11 is 0. The van der Waals surface area contributed by atoms with Crippen LogP contribution in [0.3, 0.4) is 0 Å². The zero-order valence-corrected chi connectivity index (χ0v) is 21.8. The fraction of sp³-hybridized carbons (Fsp3) is 0.533. The Kier molecular flexibility index (Phi) is 10.2. The van der Waals surface area contributed by atoms with Crippen LogP contribution in [0.1, 0.15) is 68.9 Å². The van der Waals surface area contributed by atoms with Crippen molar-refractivity contribution in [3.63, 3.8) is 0 Å². The van der Waals surface area contributed by atoms with E-state index in [4.69, 9.17) is 4.74 Å². The molecule has 2 aliphatic rings. The minimum atomic E-state index is -0.251. The first kappa shape index (κ1) is 27.0. The van der Waals surface area contributed by atoms with E-state index in [-0.39, 0.29) is 24.2 Å². The van der Waals surface area contributed by atoms with Crippen molar-refractivity contribution >= 4 is 17.5 Å². The molecule has 0 unspecified atom stereocenters. The molecule has 2 aromatic carbocycles. The number of carbonyl (C=O) groups is 2. The number of ether oxygens (including phenoxy) is 1. The molecule has 0 atom stereocenters. The zero-order valence-electron chi connectivity index (χ0n) is 21.8. The van der Waals surface area contributed by atoms with Crippen molar-refractivity contribution < 1.29 is 19.4 Å².